The predicted molar refractivity (Wildman–Crippen MR) is 82.2 cm³/mol. The second-order valence-electron chi connectivity index (χ2n) is 5.14. The lowest BCUT2D eigenvalue weighted by Crippen LogP contribution is -2.21. The summed E-state index contributed by atoms with van der Waals surface area (Å²) < 4.78 is 0. The maximum absolute atomic E-state index is 11.1. The molecule has 4 nitrogen and oxygen atoms in total. The minimum absolute atomic E-state index is 0.102. The molecule has 0 bridgehead atoms. The third-order valence-electron chi connectivity index (χ3n) is 3.86. The van der Waals surface area contributed by atoms with Crippen LogP contribution in [0.25, 0.3) is 0 Å². The Morgan fingerprint density at radius 2 is 2.05 bits per heavy atom. The van der Waals surface area contributed by atoms with E-state index in [1.54, 1.807) is 0 Å². The zero-order valence-corrected chi connectivity index (χ0v) is 12.1. The average Bonchev–Trinajstić information content (AvgIpc) is 2.98. The highest BCUT2D eigenvalue weighted by Gasteiger charge is 2.27. The molecule has 1 aliphatic heterocycles. The van der Waals surface area contributed by atoms with Crippen molar-refractivity contribution < 1.29 is 9.90 Å². The van der Waals surface area contributed by atoms with E-state index in [2.05, 4.69) is 22.0 Å². The first kappa shape index (κ1) is 13.9. The number of hydrogen-bond acceptors (Lipinski definition) is 3. The molecule has 5 heteroatoms. The summed E-state index contributed by atoms with van der Waals surface area (Å²) in [6.45, 7) is 1.63. The lowest BCUT2D eigenvalue weighted by molar-refractivity contribution is 0.0697. The van der Waals surface area contributed by atoms with Crippen molar-refractivity contribution in [1.82, 2.24) is 4.98 Å². The van der Waals surface area contributed by atoms with E-state index in [1.165, 1.54) is 17.8 Å². The molecule has 108 valence electrons. The van der Waals surface area contributed by atoms with Gasteiger partial charge in [-0.15, -0.1) is 0 Å². The van der Waals surface area contributed by atoms with Crippen molar-refractivity contribution in [3.63, 3.8) is 0 Å². The van der Waals surface area contributed by atoms with Crippen molar-refractivity contribution in [3.05, 3.63) is 58.7 Å². The van der Waals surface area contributed by atoms with Gasteiger partial charge >= 0.3 is 5.97 Å². The van der Waals surface area contributed by atoms with Crippen LogP contribution in [0.3, 0.4) is 0 Å². The molecule has 0 amide bonds. The van der Waals surface area contributed by atoms with Crippen LogP contribution >= 0.6 is 11.6 Å². The van der Waals surface area contributed by atoms with Gasteiger partial charge in [-0.25, -0.2) is 9.78 Å². The average molecular weight is 303 g/mol. The first-order valence-corrected chi connectivity index (χ1v) is 7.22. The number of rotatable bonds is 3. The van der Waals surface area contributed by atoms with E-state index in [1.807, 2.05) is 18.2 Å². The summed E-state index contributed by atoms with van der Waals surface area (Å²) in [6.07, 6.45) is 2.51. The Kier molecular flexibility index (Phi) is 3.80. The van der Waals surface area contributed by atoms with Gasteiger partial charge in [-0.05, 0) is 18.1 Å². The lowest BCUT2D eigenvalue weighted by Gasteiger charge is -2.19. The van der Waals surface area contributed by atoms with Crippen LogP contribution in [0.2, 0.25) is 5.02 Å². The predicted octanol–water partition coefficient (Wildman–Crippen LogP) is 3.43. The number of carboxylic acids is 1. The maximum atomic E-state index is 11.1. The minimum atomic E-state index is -1.03. The molecule has 2 heterocycles. The van der Waals surface area contributed by atoms with Gasteiger partial charge in [0.15, 0.2) is 0 Å². The number of aromatic carboxylic acids is 1. The molecule has 1 unspecified atom stereocenters. The van der Waals surface area contributed by atoms with Crippen molar-refractivity contribution in [1.29, 1.82) is 0 Å². The van der Waals surface area contributed by atoms with Gasteiger partial charge in [0.1, 0.15) is 5.82 Å². The van der Waals surface area contributed by atoms with E-state index in [0.717, 1.165) is 19.5 Å². The molecule has 1 atom stereocenters. The Labute approximate surface area is 128 Å². The van der Waals surface area contributed by atoms with Gasteiger partial charge < -0.3 is 10.0 Å². The summed E-state index contributed by atoms with van der Waals surface area (Å²) in [7, 11) is 0. The number of hydrogen-bond donors (Lipinski definition) is 1. The van der Waals surface area contributed by atoms with Gasteiger partial charge in [-0.2, -0.15) is 0 Å². The van der Waals surface area contributed by atoms with Gasteiger partial charge in [0, 0.05) is 25.2 Å². The summed E-state index contributed by atoms with van der Waals surface area (Å²) in [5.74, 6) is -0.0324. The molecule has 1 aromatic heterocycles. The van der Waals surface area contributed by atoms with Gasteiger partial charge in [-0.1, -0.05) is 41.9 Å². The van der Waals surface area contributed by atoms with Crippen LogP contribution in [0.5, 0.6) is 0 Å². The van der Waals surface area contributed by atoms with E-state index >= 15 is 0 Å². The van der Waals surface area contributed by atoms with E-state index in [9.17, 15) is 4.79 Å². The van der Waals surface area contributed by atoms with Gasteiger partial charge in [-0.3, -0.25) is 0 Å². The molecular formula is C16H15ClN2O2. The van der Waals surface area contributed by atoms with Crippen LogP contribution in [-0.4, -0.2) is 29.1 Å². The Morgan fingerprint density at radius 1 is 1.29 bits per heavy atom. The third kappa shape index (κ3) is 2.72. The minimum Gasteiger partial charge on any atom is -0.478 e. The third-order valence-corrected chi connectivity index (χ3v) is 4.23. The van der Waals surface area contributed by atoms with Crippen LogP contribution in [0.15, 0.2) is 42.6 Å². The number of carbonyl (C=O) groups is 1. The van der Waals surface area contributed by atoms with Crippen molar-refractivity contribution in [3.8, 4) is 0 Å². The highest BCUT2D eigenvalue weighted by molar-refractivity contribution is 6.35. The van der Waals surface area contributed by atoms with Crippen molar-refractivity contribution in [2.45, 2.75) is 12.3 Å². The molecular weight excluding hydrogens is 288 g/mol. The highest BCUT2D eigenvalue weighted by atomic mass is 35.5. The number of halogens is 1. The van der Waals surface area contributed by atoms with Gasteiger partial charge in [0.25, 0.3) is 0 Å². The molecule has 3 rings (SSSR count). The molecule has 1 N–H and O–H groups in total. The molecule has 0 spiro atoms. The number of nitrogens with zero attached hydrogens (tertiary/aromatic N) is 2. The highest BCUT2D eigenvalue weighted by Crippen LogP contribution is 2.34. The zero-order valence-electron chi connectivity index (χ0n) is 11.4. The fourth-order valence-corrected chi connectivity index (χ4v) is 3.08. The van der Waals surface area contributed by atoms with E-state index < -0.39 is 5.97 Å². The number of aromatic nitrogens is 1. The number of carboxylic acid groups (broad SMARTS) is 1. The van der Waals surface area contributed by atoms with Crippen LogP contribution in [-0.2, 0) is 0 Å². The lowest BCUT2D eigenvalue weighted by atomic mass is 9.99. The number of anilines is 1. The molecule has 1 aromatic carbocycles. The molecule has 21 heavy (non-hydrogen) atoms. The van der Waals surface area contributed by atoms with Crippen molar-refractivity contribution >= 4 is 23.4 Å². The smallest absolute Gasteiger partial charge is 0.337 e. The summed E-state index contributed by atoms with van der Waals surface area (Å²) in [5.41, 5.74) is 1.40. The molecule has 0 aliphatic carbocycles. The van der Waals surface area contributed by atoms with E-state index in [-0.39, 0.29) is 10.6 Å². The summed E-state index contributed by atoms with van der Waals surface area (Å²) in [6, 6.07) is 11.8. The Balaban J connectivity index is 1.84. The standard InChI is InChI=1S/C16H15ClN2O2/c17-14-13(16(20)21)6-8-18-15(14)19-9-7-12(10-19)11-4-2-1-3-5-11/h1-6,8,12H,7,9-10H2,(H,20,21). The Morgan fingerprint density at radius 3 is 2.76 bits per heavy atom. The molecule has 0 radical (unpaired) electrons. The first-order chi connectivity index (χ1) is 10.2. The van der Waals surface area contributed by atoms with Crippen molar-refractivity contribution in [2.24, 2.45) is 0 Å². The normalized spacial score (nSPS) is 18.0. The van der Waals surface area contributed by atoms with Crippen LogP contribution < -0.4 is 4.90 Å². The topological polar surface area (TPSA) is 53.4 Å². The van der Waals surface area contributed by atoms with Crippen molar-refractivity contribution in [2.75, 3.05) is 18.0 Å². The summed E-state index contributed by atoms with van der Waals surface area (Å²) in [4.78, 5) is 17.5. The number of pyridine rings is 1. The molecule has 1 saturated heterocycles. The second kappa shape index (κ2) is 5.74. The van der Waals surface area contributed by atoms with Crippen LogP contribution in [0, 0.1) is 0 Å². The SMILES string of the molecule is O=C(O)c1ccnc(N2CCC(c3ccccc3)C2)c1Cl. The van der Waals surface area contributed by atoms with Gasteiger partial charge in [0.05, 0.1) is 10.6 Å². The second-order valence-corrected chi connectivity index (χ2v) is 5.52. The fraction of sp³-hybridized carbons (Fsp3) is 0.250. The quantitative estimate of drug-likeness (QED) is 0.944. The summed E-state index contributed by atoms with van der Waals surface area (Å²) in [5, 5.41) is 9.35. The van der Waals surface area contributed by atoms with Gasteiger partial charge in [0.2, 0.25) is 0 Å². The molecule has 1 aliphatic rings. The van der Waals surface area contributed by atoms with E-state index in [4.69, 9.17) is 16.7 Å². The Bertz CT molecular complexity index is 661. The molecule has 1 fully saturated rings. The number of benzene rings is 1. The van der Waals surface area contributed by atoms with Crippen LogP contribution in [0.1, 0.15) is 28.3 Å². The van der Waals surface area contributed by atoms with E-state index in [0.29, 0.717) is 11.7 Å². The monoisotopic (exact) mass is 302 g/mol. The summed E-state index contributed by atoms with van der Waals surface area (Å²) >= 11 is 6.19. The fourth-order valence-electron chi connectivity index (χ4n) is 2.77. The first-order valence-electron chi connectivity index (χ1n) is 6.84. The molecule has 2 aromatic rings. The zero-order chi connectivity index (χ0) is 14.8. The van der Waals surface area contributed by atoms with Crippen LogP contribution in [0.4, 0.5) is 5.82 Å². The Hall–Kier alpha value is -2.07. The maximum Gasteiger partial charge on any atom is 0.337 e. The largest absolute Gasteiger partial charge is 0.478 e. The molecule has 0 saturated carbocycles.